The Kier molecular flexibility index (Phi) is 6.45. The van der Waals surface area contributed by atoms with Crippen molar-refractivity contribution in [3.05, 3.63) is 35.6 Å². The molecule has 0 saturated heterocycles. The molecule has 0 bridgehead atoms. The summed E-state index contributed by atoms with van der Waals surface area (Å²) in [5, 5.41) is 13.6. The summed E-state index contributed by atoms with van der Waals surface area (Å²) in [6.07, 6.45) is 0.152. The van der Waals surface area contributed by atoms with Gasteiger partial charge in [-0.05, 0) is 6.07 Å². The molecular formula is C13H17FN2O4. The molecule has 1 aromatic carbocycles. The number of carbonyl (C=O) groups excluding carboxylic acids is 1. The van der Waals surface area contributed by atoms with Crippen LogP contribution in [0.15, 0.2) is 24.3 Å². The minimum Gasteiger partial charge on any atom is -0.480 e. The first-order valence-electron chi connectivity index (χ1n) is 6.04. The van der Waals surface area contributed by atoms with Crippen LogP contribution < -0.4 is 10.6 Å². The fourth-order valence-corrected chi connectivity index (χ4v) is 1.52. The summed E-state index contributed by atoms with van der Waals surface area (Å²) in [7, 11) is 1.44. The highest BCUT2D eigenvalue weighted by Gasteiger charge is 2.19. The molecule has 3 N–H and O–H groups in total. The van der Waals surface area contributed by atoms with E-state index in [2.05, 4.69) is 10.6 Å². The van der Waals surface area contributed by atoms with Crippen molar-refractivity contribution in [1.29, 1.82) is 0 Å². The van der Waals surface area contributed by atoms with Crippen LogP contribution in [0, 0.1) is 5.82 Å². The van der Waals surface area contributed by atoms with Gasteiger partial charge in [0.25, 0.3) is 0 Å². The molecule has 1 aromatic rings. The lowest BCUT2D eigenvalue weighted by Gasteiger charge is -2.14. The maximum atomic E-state index is 13.3. The zero-order chi connectivity index (χ0) is 15.0. The SMILES string of the molecule is COCCC(NC(=O)NCc1ccccc1F)C(=O)O. The van der Waals surface area contributed by atoms with Crippen molar-refractivity contribution in [2.24, 2.45) is 0 Å². The van der Waals surface area contributed by atoms with Crippen LogP contribution in [0.1, 0.15) is 12.0 Å². The van der Waals surface area contributed by atoms with Crippen molar-refractivity contribution < 1.29 is 23.8 Å². The third-order valence-electron chi connectivity index (χ3n) is 2.61. The number of carboxylic acid groups (broad SMARTS) is 1. The Balaban J connectivity index is 2.46. The van der Waals surface area contributed by atoms with Gasteiger partial charge in [0.1, 0.15) is 11.9 Å². The minimum absolute atomic E-state index is 0.0187. The van der Waals surface area contributed by atoms with E-state index in [4.69, 9.17) is 9.84 Å². The van der Waals surface area contributed by atoms with E-state index in [0.29, 0.717) is 5.56 Å². The van der Waals surface area contributed by atoms with Crippen molar-refractivity contribution in [2.45, 2.75) is 19.0 Å². The van der Waals surface area contributed by atoms with Crippen LogP contribution in [0.4, 0.5) is 9.18 Å². The monoisotopic (exact) mass is 284 g/mol. The number of benzene rings is 1. The summed E-state index contributed by atoms with van der Waals surface area (Å²) in [5.74, 6) is -1.58. The Labute approximate surface area is 115 Å². The zero-order valence-electron chi connectivity index (χ0n) is 11.1. The van der Waals surface area contributed by atoms with Crippen LogP contribution in [0.3, 0.4) is 0 Å². The highest BCUT2D eigenvalue weighted by atomic mass is 19.1. The lowest BCUT2D eigenvalue weighted by Crippen LogP contribution is -2.46. The van der Waals surface area contributed by atoms with Gasteiger partial charge in [0.05, 0.1) is 0 Å². The normalized spacial score (nSPS) is 11.7. The Bertz CT molecular complexity index is 467. The summed E-state index contributed by atoms with van der Waals surface area (Å²) in [4.78, 5) is 22.5. The Hall–Kier alpha value is -2.15. The number of nitrogens with one attached hydrogen (secondary N) is 2. The topological polar surface area (TPSA) is 87.7 Å². The first-order chi connectivity index (χ1) is 9.54. The maximum absolute atomic E-state index is 13.3. The van der Waals surface area contributed by atoms with Gasteiger partial charge in [-0.15, -0.1) is 0 Å². The van der Waals surface area contributed by atoms with Crippen LogP contribution in [0.2, 0.25) is 0 Å². The Morgan fingerprint density at radius 1 is 1.40 bits per heavy atom. The Morgan fingerprint density at radius 3 is 2.70 bits per heavy atom. The number of rotatable bonds is 7. The summed E-state index contributed by atoms with van der Waals surface area (Å²) in [5.41, 5.74) is 0.325. The second-order valence-corrected chi connectivity index (χ2v) is 4.09. The molecule has 2 amide bonds. The number of aliphatic carboxylic acids is 1. The second-order valence-electron chi connectivity index (χ2n) is 4.09. The Morgan fingerprint density at radius 2 is 2.10 bits per heavy atom. The standard InChI is InChI=1S/C13H17FN2O4/c1-20-7-6-11(12(17)18)16-13(19)15-8-9-4-2-3-5-10(9)14/h2-5,11H,6-8H2,1H3,(H,17,18)(H2,15,16,19). The fourth-order valence-electron chi connectivity index (χ4n) is 1.52. The molecule has 7 heteroatoms. The molecule has 0 saturated carbocycles. The quantitative estimate of drug-likeness (QED) is 0.700. The van der Waals surface area contributed by atoms with Gasteiger partial charge >= 0.3 is 12.0 Å². The van der Waals surface area contributed by atoms with Crippen LogP contribution in [0.5, 0.6) is 0 Å². The molecule has 0 radical (unpaired) electrons. The third kappa shape index (κ3) is 5.23. The molecule has 0 aromatic heterocycles. The molecule has 1 unspecified atom stereocenters. The van der Waals surface area contributed by atoms with Crippen LogP contribution in [0.25, 0.3) is 0 Å². The van der Waals surface area contributed by atoms with Crippen molar-refractivity contribution in [2.75, 3.05) is 13.7 Å². The van der Waals surface area contributed by atoms with Crippen molar-refractivity contribution in [1.82, 2.24) is 10.6 Å². The molecule has 20 heavy (non-hydrogen) atoms. The van der Waals surface area contributed by atoms with E-state index < -0.39 is 23.9 Å². The molecule has 1 atom stereocenters. The van der Waals surface area contributed by atoms with Crippen molar-refractivity contribution >= 4 is 12.0 Å². The predicted molar refractivity (Wildman–Crippen MR) is 69.7 cm³/mol. The minimum atomic E-state index is -1.15. The van der Waals surface area contributed by atoms with Gasteiger partial charge in [0.2, 0.25) is 0 Å². The molecule has 0 aliphatic carbocycles. The molecule has 6 nitrogen and oxygen atoms in total. The van der Waals surface area contributed by atoms with E-state index in [0.717, 1.165) is 0 Å². The number of urea groups is 1. The predicted octanol–water partition coefficient (Wildman–Crippen LogP) is 1.11. The number of hydrogen-bond donors (Lipinski definition) is 3. The third-order valence-corrected chi connectivity index (χ3v) is 2.61. The summed E-state index contributed by atoms with van der Waals surface area (Å²) in [6, 6.07) is 4.30. The first kappa shape index (κ1) is 15.9. The molecule has 0 heterocycles. The number of carboxylic acids is 1. The molecule has 0 spiro atoms. The average Bonchev–Trinajstić information content (AvgIpc) is 2.42. The fraction of sp³-hybridized carbons (Fsp3) is 0.385. The summed E-state index contributed by atoms with van der Waals surface area (Å²) < 4.78 is 18.1. The highest BCUT2D eigenvalue weighted by Crippen LogP contribution is 2.05. The van der Waals surface area contributed by atoms with E-state index in [9.17, 15) is 14.0 Å². The first-order valence-corrected chi connectivity index (χ1v) is 6.04. The van der Waals surface area contributed by atoms with Gasteiger partial charge in [-0.1, -0.05) is 18.2 Å². The molecule has 1 rings (SSSR count). The summed E-state index contributed by atoms with van der Waals surface area (Å²) in [6.45, 7) is 0.194. The molecule has 0 aliphatic rings. The van der Waals surface area contributed by atoms with Crippen LogP contribution in [-0.4, -0.2) is 36.9 Å². The highest BCUT2D eigenvalue weighted by molar-refractivity contribution is 5.82. The summed E-state index contributed by atoms with van der Waals surface area (Å²) >= 11 is 0. The molecule has 0 aliphatic heterocycles. The number of amides is 2. The van der Waals surface area contributed by atoms with Gasteiger partial charge in [0, 0.05) is 32.2 Å². The van der Waals surface area contributed by atoms with Gasteiger partial charge in [-0.3, -0.25) is 0 Å². The van der Waals surface area contributed by atoms with Crippen molar-refractivity contribution in [3.8, 4) is 0 Å². The van der Waals surface area contributed by atoms with Crippen molar-refractivity contribution in [3.63, 3.8) is 0 Å². The number of carbonyl (C=O) groups is 2. The largest absolute Gasteiger partial charge is 0.480 e. The molecular weight excluding hydrogens is 267 g/mol. The smallest absolute Gasteiger partial charge is 0.326 e. The van der Waals surface area contributed by atoms with E-state index in [-0.39, 0.29) is 19.6 Å². The van der Waals surface area contributed by atoms with E-state index in [1.165, 1.54) is 19.2 Å². The van der Waals surface area contributed by atoms with Crippen LogP contribution >= 0.6 is 0 Å². The number of hydrogen-bond acceptors (Lipinski definition) is 3. The van der Waals surface area contributed by atoms with Gasteiger partial charge in [-0.2, -0.15) is 0 Å². The molecule has 110 valence electrons. The lowest BCUT2D eigenvalue weighted by molar-refractivity contribution is -0.139. The van der Waals surface area contributed by atoms with Crippen LogP contribution in [-0.2, 0) is 16.1 Å². The van der Waals surface area contributed by atoms with E-state index in [1.54, 1.807) is 12.1 Å². The zero-order valence-corrected chi connectivity index (χ0v) is 11.1. The molecule has 0 fully saturated rings. The number of ether oxygens (including phenoxy) is 1. The van der Waals surface area contributed by atoms with Gasteiger partial charge in [0.15, 0.2) is 0 Å². The van der Waals surface area contributed by atoms with E-state index >= 15 is 0 Å². The lowest BCUT2D eigenvalue weighted by atomic mass is 10.2. The number of methoxy groups -OCH3 is 1. The second kappa shape index (κ2) is 8.11. The van der Waals surface area contributed by atoms with E-state index in [1.807, 2.05) is 0 Å². The average molecular weight is 284 g/mol. The van der Waals surface area contributed by atoms with Gasteiger partial charge in [-0.25, -0.2) is 14.0 Å². The van der Waals surface area contributed by atoms with Gasteiger partial charge < -0.3 is 20.5 Å². The maximum Gasteiger partial charge on any atom is 0.326 e. The number of halogens is 1.